The average Bonchev–Trinajstić information content (AvgIpc) is 1.64. The number of carbonyl (C=O) groups excluding carboxylic acids is 1. The molecule has 0 radical (unpaired) electrons. The quantitative estimate of drug-likeness (QED) is 0.418. The van der Waals surface area contributed by atoms with Gasteiger partial charge in [0.1, 0.15) is 19.0 Å². The van der Waals surface area contributed by atoms with Gasteiger partial charge in [0.2, 0.25) is 0 Å². The van der Waals surface area contributed by atoms with Crippen molar-refractivity contribution in [2.45, 2.75) is 0 Å². The van der Waals surface area contributed by atoms with Gasteiger partial charge in [-0.1, -0.05) is 6.58 Å². The largest absolute Gasteiger partial charge is 0.427 e. The van der Waals surface area contributed by atoms with Crippen molar-refractivity contribution in [3.63, 3.8) is 0 Å². The number of carbonyl (C=O) groups is 1. The lowest BCUT2D eigenvalue weighted by Gasteiger charge is -2.12. The van der Waals surface area contributed by atoms with Crippen LogP contribution in [0.15, 0.2) is 12.3 Å². The smallest absolute Gasteiger partial charge is 0.337 e. The van der Waals surface area contributed by atoms with Gasteiger partial charge in [0, 0.05) is 0 Å². The highest BCUT2D eigenvalue weighted by Crippen LogP contribution is 2.01. The lowest BCUT2D eigenvalue weighted by atomic mass is 10.5. The first-order valence-electron chi connectivity index (χ1n) is 2.25. The van der Waals surface area contributed by atoms with E-state index in [9.17, 15) is 4.79 Å². The average molecular weight is 114 g/mol. The molecule has 44 valence electrons. The van der Waals surface area contributed by atoms with Crippen LogP contribution in [0.25, 0.3) is 0 Å². The van der Waals surface area contributed by atoms with Crippen LogP contribution in [0.4, 0.5) is 0 Å². The summed E-state index contributed by atoms with van der Waals surface area (Å²) in [6, 6.07) is 0. The Morgan fingerprint density at radius 1 is 1.50 bits per heavy atom. The molecule has 8 heavy (non-hydrogen) atoms. The summed E-state index contributed by atoms with van der Waals surface area (Å²) >= 11 is 0. The van der Waals surface area contributed by atoms with Gasteiger partial charge in [-0.2, -0.15) is 0 Å². The molecule has 0 aromatic carbocycles. The van der Waals surface area contributed by atoms with Crippen LogP contribution in [0.3, 0.4) is 0 Å². The Balaban J connectivity index is 2.45. The lowest BCUT2D eigenvalue weighted by molar-refractivity contribution is -0.151. The summed E-state index contributed by atoms with van der Waals surface area (Å²) in [6.45, 7) is 3.79. The third-order valence-electron chi connectivity index (χ3n) is 0.741. The molecule has 0 atom stereocenters. The molecule has 1 fully saturated rings. The zero-order valence-corrected chi connectivity index (χ0v) is 4.35. The predicted octanol–water partition coefficient (Wildman–Crippen LogP) is 0.0735. The van der Waals surface area contributed by atoms with Gasteiger partial charge < -0.3 is 9.47 Å². The van der Waals surface area contributed by atoms with E-state index in [0.29, 0.717) is 12.4 Å². The summed E-state index contributed by atoms with van der Waals surface area (Å²) in [7, 11) is 0. The highest BCUT2D eigenvalue weighted by molar-refractivity contribution is 5.72. The third kappa shape index (κ3) is 1.07. The minimum Gasteiger partial charge on any atom is -0.427 e. The second-order valence-electron chi connectivity index (χ2n) is 1.51. The van der Waals surface area contributed by atoms with Gasteiger partial charge in [-0.3, -0.25) is 0 Å². The maximum absolute atomic E-state index is 10.3. The van der Waals surface area contributed by atoms with Crippen LogP contribution in [0.2, 0.25) is 0 Å². The summed E-state index contributed by atoms with van der Waals surface area (Å²) < 4.78 is 9.25. The molecule has 0 spiro atoms. The first-order chi connectivity index (χ1) is 3.79. The van der Waals surface area contributed by atoms with Gasteiger partial charge in [0.15, 0.2) is 0 Å². The second-order valence-corrected chi connectivity index (χ2v) is 1.51. The number of rotatable bonds is 0. The van der Waals surface area contributed by atoms with Crippen LogP contribution in [-0.4, -0.2) is 19.2 Å². The third-order valence-corrected chi connectivity index (χ3v) is 0.741. The Morgan fingerprint density at radius 2 is 2.25 bits per heavy atom. The van der Waals surface area contributed by atoms with Crippen LogP contribution >= 0.6 is 0 Å². The van der Waals surface area contributed by atoms with Crippen molar-refractivity contribution in [2.24, 2.45) is 0 Å². The second kappa shape index (κ2) is 1.96. The number of hydrogen-bond acceptors (Lipinski definition) is 3. The van der Waals surface area contributed by atoms with Crippen LogP contribution in [0.1, 0.15) is 0 Å². The van der Waals surface area contributed by atoms with Crippen LogP contribution in [-0.2, 0) is 14.3 Å². The van der Waals surface area contributed by atoms with Gasteiger partial charge in [0.05, 0.1) is 0 Å². The fraction of sp³-hybridized carbons (Fsp3) is 0.400. The highest BCUT2D eigenvalue weighted by Gasteiger charge is 2.11. The minimum atomic E-state index is -0.360. The summed E-state index contributed by atoms with van der Waals surface area (Å²) in [5.74, 6) is 0.0301. The standard InChI is InChI=1S/C5H6O3/c1-4-2-7-3-5(6)8-4/h1-3H2. The predicted molar refractivity (Wildman–Crippen MR) is 26.1 cm³/mol. The van der Waals surface area contributed by atoms with Crippen LogP contribution in [0.5, 0.6) is 0 Å². The zero-order valence-electron chi connectivity index (χ0n) is 4.35. The number of esters is 1. The Bertz CT molecular complexity index is 114. The van der Waals surface area contributed by atoms with E-state index in [-0.39, 0.29) is 12.6 Å². The van der Waals surface area contributed by atoms with E-state index in [2.05, 4.69) is 11.3 Å². The van der Waals surface area contributed by atoms with Crippen molar-refractivity contribution in [2.75, 3.05) is 13.2 Å². The summed E-state index contributed by atoms with van der Waals surface area (Å²) in [6.07, 6.45) is 0. The molecule has 1 aliphatic rings. The minimum absolute atomic E-state index is 0.0546. The van der Waals surface area contributed by atoms with Gasteiger partial charge in [-0.05, 0) is 0 Å². The first-order valence-corrected chi connectivity index (χ1v) is 2.25. The van der Waals surface area contributed by atoms with Crippen LogP contribution < -0.4 is 0 Å². The Morgan fingerprint density at radius 3 is 2.62 bits per heavy atom. The molecule has 0 unspecified atom stereocenters. The zero-order chi connectivity index (χ0) is 5.98. The summed E-state index contributed by atoms with van der Waals surface area (Å²) in [5.41, 5.74) is 0. The van der Waals surface area contributed by atoms with E-state index < -0.39 is 0 Å². The Hall–Kier alpha value is -0.830. The maximum atomic E-state index is 10.3. The van der Waals surface area contributed by atoms with Gasteiger partial charge in [-0.25, -0.2) is 4.79 Å². The van der Waals surface area contributed by atoms with Crippen molar-refractivity contribution in [3.8, 4) is 0 Å². The topological polar surface area (TPSA) is 35.5 Å². The van der Waals surface area contributed by atoms with E-state index in [1.54, 1.807) is 0 Å². The molecule has 1 saturated heterocycles. The van der Waals surface area contributed by atoms with Gasteiger partial charge >= 0.3 is 5.97 Å². The van der Waals surface area contributed by atoms with E-state index >= 15 is 0 Å². The molecular formula is C5H6O3. The molecule has 0 amide bonds. The summed E-state index contributed by atoms with van der Waals surface area (Å²) in [4.78, 5) is 10.3. The molecular weight excluding hydrogens is 108 g/mol. The van der Waals surface area contributed by atoms with E-state index in [4.69, 9.17) is 4.74 Å². The molecule has 0 saturated carbocycles. The monoisotopic (exact) mass is 114 g/mol. The van der Waals surface area contributed by atoms with Crippen molar-refractivity contribution in [1.29, 1.82) is 0 Å². The molecule has 0 aromatic heterocycles. The van der Waals surface area contributed by atoms with Gasteiger partial charge in [-0.15, -0.1) is 0 Å². The fourth-order valence-electron chi connectivity index (χ4n) is 0.468. The van der Waals surface area contributed by atoms with Crippen molar-refractivity contribution in [1.82, 2.24) is 0 Å². The van der Waals surface area contributed by atoms with E-state index in [1.807, 2.05) is 0 Å². The molecule has 0 N–H and O–H groups in total. The molecule has 1 aliphatic heterocycles. The SMILES string of the molecule is C=C1COCC(=O)O1. The Kier molecular flexibility index (Phi) is 1.30. The molecule has 0 bridgehead atoms. The maximum Gasteiger partial charge on any atom is 0.337 e. The molecule has 0 aromatic rings. The molecule has 3 nitrogen and oxygen atoms in total. The van der Waals surface area contributed by atoms with E-state index in [0.717, 1.165) is 0 Å². The van der Waals surface area contributed by atoms with Crippen molar-refractivity contribution >= 4 is 5.97 Å². The normalized spacial score (nSPS) is 20.5. The fourth-order valence-corrected chi connectivity index (χ4v) is 0.468. The van der Waals surface area contributed by atoms with E-state index in [1.165, 1.54) is 0 Å². The Labute approximate surface area is 46.9 Å². The highest BCUT2D eigenvalue weighted by atomic mass is 16.6. The summed E-state index contributed by atoms with van der Waals surface area (Å²) in [5, 5.41) is 0. The van der Waals surface area contributed by atoms with Crippen LogP contribution in [0, 0.1) is 0 Å². The van der Waals surface area contributed by atoms with Crippen molar-refractivity contribution in [3.05, 3.63) is 12.3 Å². The first kappa shape index (κ1) is 5.31. The number of ether oxygens (including phenoxy) is 2. The number of cyclic esters (lactones) is 1. The lowest BCUT2D eigenvalue weighted by Crippen LogP contribution is -2.20. The molecule has 3 heteroatoms. The number of hydrogen-bond donors (Lipinski definition) is 0. The molecule has 0 aliphatic carbocycles. The van der Waals surface area contributed by atoms with Crippen molar-refractivity contribution < 1.29 is 14.3 Å². The molecule has 1 rings (SSSR count). The van der Waals surface area contributed by atoms with Gasteiger partial charge in [0.25, 0.3) is 0 Å². The molecule has 1 heterocycles.